The third-order valence-electron chi connectivity index (χ3n) is 6.94. The molecule has 1 aliphatic heterocycles. The Morgan fingerprint density at radius 2 is 1.83 bits per heavy atom. The molecule has 0 bridgehead atoms. The third kappa shape index (κ3) is 8.02. The SMILES string of the molecule is COc1ccc(CN2CCCCCCOc3ccccc3Oc3ccc(Cl)cc3NC(=O)C2)cc1Cn1ccnc1. The molecule has 1 amide bonds. The van der Waals surface area contributed by atoms with Crippen molar-refractivity contribution >= 4 is 23.2 Å². The number of fused-ring (bicyclic) bond motifs is 2. The van der Waals surface area contributed by atoms with Gasteiger partial charge in [0.2, 0.25) is 5.91 Å². The first-order valence-corrected chi connectivity index (χ1v) is 14.3. The number of nitrogens with zero attached hydrogens (tertiary/aromatic N) is 3. The molecule has 0 unspecified atom stereocenters. The van der Waals surface area contributed by atoms with Crippen LogP contribution in [0.4, 0.5) is 5.69 Å². The molecule has 8 nitrogen and oxygen atoms in total. The van der Waals surface area contributed by atoms with Gasteiger partial charge in [0.05, 0.1) is 38.8 Å². The number of carbonyl (C=O) groups excluding carboxylic acids is 1. The molecule has 1 aromatic heterocycles. The van der Waals surface area contributed by atoms with E-state index in [9.17, 15) is 4.79 Å². The fourth-order valence-corrected chi connectivity index (χ4v) is 5.10. The maximum atomic E-state index is 13.4. The highest BCUT2D eigenvalue weighted by molar-refractivity contribution is 6.31. The van der Waals surface area contributed by atoms with Crippen LogP contribution in [0.15, 0.2) is 79.4 Å². The molecule has 3 aromatic carbocycles. The molecule has 0 saturated heterocycles. The molecule has 1 N–H and O–H groups in total. The summed E-state index contributed by atoms with van der Waals surface area (Å²) in [5.41, 5.74) is 2.68. The van der Waals surface area contributed by atoms with Crippen molar-refractivity contribution < 1.29 is 19.0 Å². The van der Waals surface area contributed by atoms with Gasteiger partial charge in [0.15, 0.2) is 17.2 Å². The van der Waals surface area contributed by atoms with E-state index in [4.69, 9.17) is 25.8 Å². The van der Waals surface area contributed by atoms with Crippen LogP contribution in [0.25, 0.3) is 0 Å². The number of aromatic nitrogens is 2. The number of nitrogens with one attached hydrogen (secondary N) is 1. The zero-order chi connectivity index (χ0) is 28.4. The Morgan fingerprint density at radius 3 is 2.66 bits per heavy atom. The molecule has 214 valence electrons. The Morgan fingerprint density at radius 1 is 0.976 bits per heavy atom. The molecule has 0 radical (unpaired) electrons. The lowest BCUT2D eigenvalue weighted by Gasteiger charge is -2.23. The highest BCUT2D eigenvalue weighted by Gasteiger charge is 2.17. The number of amides is 1. The molecule has 0 atom stereocenters. The number of ether oxygens (including phenoxy) is 3. The van der Waals surface area contributed by atoms with Gasteiger partial charge in [-0.1, -0.05) is 42.6 Å². The number of hydrogen-bond acceptors (Lipinski definition) is 6. The molecule has 0 saturated carbocycles. The van der Waals surface area contributed by atoms with Gasteiger partial charge < -0.3 is 24.1 Å². The van der Waals surface area contributed by atoms with Gasteiger partial charge in [0, 0.05) is 29.5 Å². The summed E-state index contributed by atoms with van der Waals surface area (Å²) in [6.07, 6.45) is 9.50. The number of hydrogen-bond donors (Lipinski definition) is 1. The molecular weight excluding hydrogens is 540 g/mol. The van der Waals surface area contributed by atoms with E-state index in [1.165, 1.54) is 0 Å². The summed E-state index contributed by atoms with van der Waals surface area (Å²) in [5, 5.41) is 3.53. The van der Waals surface area contributed by atoms with Crippen LogP contribution in [0, 0.1) is 0 Å². The first kappa shape index (κ1) is 28.5. The molecular formula is C32H35ClN4O4. The van der Waals surface area contributed by atoms with Gasteiger partial charge in [-0.25, -0.2) is 4.98 Å². The average molecular weight is 575 g/mol. The average Bonchev–Trinajstić information content (AvgIpc) is 3.47. The predicted octanol–water partition coefficient (Wildman–Crippen LogP) is 6.78. The summed E-state index contributed by atoms with van der Waals surface area (Å²) in [7, 11) is 1.68. The van der Waals surface area contributed by atoms with Crippen LogP contribution in [0.1, 0.15) is 36.8 Å². The summed E-state index contributed by atoms with van der Waals surface area (Å²) in [5.74, 6) is 2.44. The van der Waals surface area contributed by atoms with Gasteiger partial charge in [-0.3, -0.25) is 9.69 Å². The van der Waals surface area contributed by atoms with E-state index in [1.54, 1.807) is 37.8 Å². The monoisotopic (exact) mass is 574 g/mol. The first-order chi connectivity index (χ1) is 20.1. The third-order valence-corrected chi connectivity index (χ3v) is 7.18. The van der Waals surface area contributed by atoms with E-state index >= 15 is 0 Å². The lowest BCUT2D eigenvalue weighted by Crippen LogP contribution is -2.33. The van der Waals surface area contributed by atoms with E-state index < -0.39 is 0 Å². The number of imidazole rings is 1. The number of carbonyl (C=O) groups is 1. The summed E-state index contributed by atoms with van der Waals surface area (Å²) >= 11 is 6.31. The summed E-state index contributed by atoms with van der Waals surface area (Å²) < 4.78 is 19.9. The quantitative estimate of drug-likeness (QED) is 0.283. The van der Waals surface area contributed by atoms with E-state index in [-0.39, 0.29) is 12.5 Å². The molecule has 4 aromatic rings. The Balaban J connectivity index is 1.36. The van der Waals surface area contributed by atoms with Crippen molar-refractivity contribution in [1.82, 2.24) is 14.5 Å². The first-order valence-electron chi connectivity index (χ1n) is 13.9. The van der Waals surface area contributed by atoms with Crippen molar-refractivity contribution in [1.29, 1.82) is 0 Å². The summed E-state index contributed by atoms with van der Waals surface area (Å²) in [4.78, 5) is 19.7. The second kappa shape index (κ2) is 14.1. The maximum absolute atomic E-state index is 13.4. The lowest BCUT2D eigenvalue weighted by atomic mass is 10.1. The van der Waals surface area contributed by atoms with Gasteiger partial charge in [0.25, 0.3) is 0 Å². The van der Waals surface area contributed by atoms with E-state index in [1.807, 2.05) is 41.1 Å². The normalized spacial score (nSPS) is 15.1. The summed E-state index contributed by atoms with van der Waals surface area (Å²) in [6.45, 7) is 2.91. The van der Waals surface area contributed by atoms with Crippen molar-refractivity contribution in [3.05, 3.63) is 95.5 Å². The number of para-hydroxylation sites is 2. The fraction of sp³-hybridized carbons (Fsp3) is 0.312. The minimum atomic E-state index is -0.138. The summed E-state index contributed by atoms with van der Waals surface area (Å²) in [6, 6.07) is 19.0. The van der Waals surface area contributed by atoms with Crippen molar-refractivity contribution in [2.75, 3.05) is 32.1 Å². The second-order valence-corrected chi connectivity index (χ2v) is 10.5. The topological polar surface area (TPSA) is 77.9 Å². The lowest BCUT2D eigenvalue weighted by molar-refractivity contribution is -0.117. The van der Waals surface area contributed by atoms with E-state index in [0.717, 1.165) is 49.1 Å². The van der Waals surface area contributed by atoms with Gasteiger partial charge >= 0.3 is 0 Å². The fourth-order valence-electron chi connectivity index (χ4n) is 4.93. The number of halogens is 1. The van der Waals surface area contributed by atoms with Gasteiger partial charge in [-0.05, 0) is 67.4 Å². The van der Waals surface area contributed by atoms with Gasteiger partial charge in [0.1, 0.15) is 5.75 Å². The van der Waals surface area contributed by atoms with E-state index in [2.05, 4.69) is 27.3 Å². The molecule has 0 spiro atoms. The zero-order valence-electron chi connectivity index (χ0n) is 23.2. The second-order valence-electron chi connectivity index (χ2n) is 10.1. The number of rotatable bonds is 5. The highest BCUT2D eigenvalue weighted by Crippen LogP contribution is 2.36. The number of anilines is 1. The zero-order valence-corrected chi connectivity index (χ0v) is 24.0. The van der Waals surface area contributed by atoms with Crippen LogP contribution in [-0.2, 0) is 17.9 Å². The Hall–Kier alpha value is -4.01. The Bertz CT molecular complexity index is 1440. The molecule has 9 heteroatoms. The maximum Gasteiger partial charge on any atom is 0.238 e. The largest absolute Gasteiger partial charge is 0.496 e. The van der Waals surface area contributed by atoms with Crippen LogP contribution in [0.5, 0.6) is 23.0 Å². The van der Waals surface area contributed by atoms with Crippen LogP contribution in [0.3, 0.4) is 0 Å². The van der Waals surface area contributed by atoms with Crippen LogP contribution >= 0.6 is 11.6 Å². The van der Waals surface area contributed by atoms with Crippen molar-refractivity contribution in [2.24, 2.45) is 0 Å². The Kier molecular flexibility index (Phi) is 9.78. The molecule has 0 aliphatic carbocycles. The molecule has 0 fully saturated rings. The molecule has 1 aliphatic rings. The smallest absolute Gasteiger partial charge is 0.238 e. The van der Waals surface area contributed by atoms with Gasteiger partial charge in [-0.2, -0.15) is 0 Å². The number of benzene rings is 3. The van der Waals surface area contributed by atoms with Crippen LogP contribution < -0.4 is 19.5 Å². The number of methoxy groups -OCH3 is 1. The highest BCUT2D eigenvalue weighted by atomic mass is 35.5. The molecule has 41 heavy (non-hydrogen) atoms. The molecule has 2 heterocycles. The van der Waals surface area contributed by atoms with Crippen molar-refractivity contribution in [3.63, 3.8) is 0 Å². The molecule has 5 rings (SSSR count). The van der Waals surface area contributed by atoms with Crippen molar-refractivity contribution in [3.8, 4) is 23.0 Å². The minimum absolute atomic E-state index is 0.138. The van der Waals surface area contributed by atoms with E-state index in [0.29, 0.717) is 47.7 Å². The Labute approximate surface area is 245 Å². The van der Waals surface area contributed by atoms with Crippen molar-refractivity contribution in [2.45, 2.75) is 38.8 Å². The van der Waals surface area contributed by atoms with Crippen LogP contribution in [-0.4, -0.2) is 47.2 Å². The standard InChI is InChI=1S/C32H35ClN4O4/c1-39-28-12-10-24(18-25(28)21-37-16-14-34-23-37)20-36-15-6-2-3-7-17-40-30-8-4-5-9-31(30)41-29-13-11-26(33)19-27(29)35-32(38)22-36/h4-5,8-14,16,18-19,23H,2-3,6-7,15,17,20-22H2,1H3,(H,35,38). The predicted molar refractivity (Wildman–Crippen MR) is 160 cm³/mol. The van der Waals surface area contributed by atoms with Crippen LogP contribution in [0.2, 0.25) is 5.02 Å². The van der Waals surface area contributed by atoms with Gasteiger partial charge in [-0.15, -0.1) is 0 Å². The minimum Gasteiger partial charge on any atom is -0.496 e.